The molecule has 0 spiro atoms. The van der Waals surface area contributed by atoms with Gasteiger partial charge in [-0.2, -0.15) is 0 Å². The van der Waals surface area contributed by atoms with E-state index in [1.54, 1.807) is 0 Å². The van der Waals surface area contributed by atoms with Crippen LogP contribution < -0.4 is 10.1 Å². The summed E-state index contributed by atoms with van der Waals surface area (Å²) < 4.78 is 7.63. The van der Waals surface area contributed by atoms with Crippen LogP contribution in [-0.2, 0) is 11.2 Å². The third-order valence-electron chi connectivity index (χ3n) is 5.69. The Morgan fingerprint density at radius 2 is 1.66 bits per heavy atom. The smallest absolute Gasteiger partial charge is 0.237 e. The van der Waals surface area contributed by atoms with Gasteiger partial charge in [-0.15, -0.1) is 10.2 Å². The number of hydrogen-bond donors (Lipinski definition) is 1. The summed E-state index contributed by atoms with van der Waals surface area (Å²) in [5, 5.41) is 12.4. The van der Waals surface area contributed by atoms with E-state index in [4.69, 9.17) is 4.74 Å². The number of nitrogens with one attached hydrogen (secondary N) is 1. The molecule has 1 unspecified atom stereocenters. The fraction of sp³-hybridized carbons (Fsp3) is 0.250. The minimum absolute atomic E-state index is 0.0711. The van der Waals surface area contributed by atoms with Crippen molar-refractivity contribution in [3.8, 4) is 11.4 Å². The van der Waals surface area contributed by atoms with E-state index in [1.165, 1.54) is 11.8 Å². The fourth-order valence-corrected chi connectivity index (χ4v) is 4.72. The maximum atomic E-state index is 13.1. The molecule has 1 atom stereocenters. The van der Waals surface area contributed by atoms with E-state index in [-0.39, 0.29) is 11.2 Å². The Morgan fingerprint density at radius 1 is 0.971 bits per heavy atom. The number of thioether (sulfide) groups is 1. The van der Waals surface area contributed by atoms with Crippen LogP contribution in [0.25, 0.3) is 5.69 Å². The first-order valence-electron chi connectivity index (χ1n) is 11.7. The summed E-state index contributed by atoms with van der Waals surface area (Å²) in [5.74, 6) is 1.55. The number of benzene rings is 3. The van der Waals surface area contributed by atoms with Gasteiger partial charge >= 0.3 is 0 Å². The van der Waals surface area contributed by atoms with Crippen molar-refractivity contribution in [2.75, 3.05) is 11.9 Å². The molecule has 1 heterocycles. The van der Waals surface area contributed by atoms with Crippen molar-refractivity contribution in [2.24, 2.45) is 0 Å². The van der Waals surface area contributed by atoms with Gasteiger partial charge in [0.2, 0.25) is 5.91 Å². The molecule has 1 aromatic heterocycles. The quantitative estimate of drug-likeness (QED) is 0.294. The molecule has 3 aromatic carbocycles. The Kier molecular flexibility index (Phi) is 7.87. The number of hydrogen-bond acceptors (Lipinski definition) is 5. The van der Waals surface area contributed by atoms with Crippen LogP contribution in [0.2, 0.25) is 0 Å². The lowest BCUT2D eigenvalue weighted by Crippen LogP contribution is -2.24. The zero-order valence-corrected chi connectivity index (χ0v) is 21.3. The van der Waals surface area contributed by atoms with E-state index in [0.29, 0.717) is 18.2 Å². The van der Waals surface area contributed by atoms with Gasteiger partial charge in [0.05, 0.1) is 11.9 Å². The summed E-state index contributed by atoms with van der Waals surface area (Å²) in [6, 6.07) is 24.0. The highest BCUT2D eigenvalue weighted by molar-refractivity contribution is 8.00. The Balaban J connectivity index is 1.61. The molecule has 4 rings (SSSR count). The lowest BCUT2D eigenvalue weighted by Gasteiger charge is -2.16. The third-order valence-corrected chi connectivity index (χ3v) is 6.73. The number of aromatic nitrogens is 3. The molecule has 1 amide bonds. The molecule has 0 radical (unpaired) electrons. The minimum atomic E-state index is -0.371. The van der Waals surface area contributed by atoms with Crippen LogP contribution >= 0.6 is 11.8 Å². The molecular weight excluding hydrogens is 456 g/mol. The summed E-state index contributed by atoms with van der Waals surface area (Å²) in [7, 11) is 0. The average Bonchev–Trinajstić information content (AvgIpc) is 3.24. The molecule has 0 bridgehead atoms. The van der Waals surface area contributed by atoms with Crippen molar-refractivity contribution in [1.82, 2.24) is 14.8 Å². The van der Waals surface area contributed by atoms with Crippen LogP contribution in [-0.4, -0.2) is 32.5 Å². The normalized spacial score (nSPS) is 11.8. The van der Waals surface area contributed by atoms with Gasteiger partial charge in [-0.05, 0) is 68.7 Å². The van der Waals surface area contributed by atoms with E-state index >= 15 is 0 Å². The van der Waals surface area contributed by atoms with Gasteiger partial charge in [0.1, 0.15) is 11.6 Å². The lowest BCUT2D eigenvalue weighted by molar-refractivity contribution is -0.115. The number of ether oxygens (including phenoxy) is 1. The first kappa shape index (κ1) is 24.5. The van der Waals surface area contributed by atoms with Crippen molar-refractivity contribution in [2.45, 2.75) is 44.5 Å². The highest BCUT2D eigenvalue weighted by Gasteiger charge is 2.22. The van der Waals surface area contributed by atoms with E-state index in [2.05, 4.69) is 27.6 Å². The zero-order chi connectivity index (χ0) is 24.8. The summed E-state index contributed by atoms with van der Waals surface area (Å²) in [5.41, 5.74) is 5.01. The maximum Gasteiger partial charge on any atom is 0.237 e. The Hall–Kier alpha value is -3.58. The molecule has 0 fully saturated rings. The first-order valence-corrected chi connectivity index (χ1v) is 12.6. The molecule has 0 aliphatic rings. The van der Waals surface area contributed by atoms with Gasteiger partial charge in [-0.1, -0.05) is 60.3 Å². The van der Waals surface area contributed by atoms with E-state index < -0.39 is 0 Å². The Bertz CT molecular complexity index is 1270. The fourth-order valence-electron chi connectivity index (χ4n) is 3.84. The lowest BCUT2D eigenvalue weighted by atomic mass is 10.1. The Morgan fingerprint density at radius 3 is 2.31 bits per heavy atom. The van der Waals surface area contributed by atoms with E-state index in [0.717, 1.165) is 39.6 Å². The number of para-hydroxylation sites is 1. The highest BCUT2D eigenvalue weighted by Crippen LogP contribution is 2.29. The molecule has 35 heavy (non-hydrogen) atoms. The van der Waals surface area contributed by atoms with Gasteiger partial charge in [-0.3, -0.25) is 9.36 Å². The highest BCUT2D eigenvalue weighted by atomic mass is 32.2. The molecule has 7 heteroatoms. The number of carbonyl (C=O) groups is 1. The molecule has 0 aliphatic carbocycles. The van der Waals surface area contributed by atoms with Crippen molar-refractivity contribution < 1.29 is 9.53 Å². The average molecular weight is 487 g/mol. The molecule has 0 saturated carbocycles. The van der Waals surface area contributed by atoms with Crippen molar-refractivity contribution >= 4 is 23.4 Å². The standard InChI is InChI=1S/C28H30N4O2S/c1-5-34-24-16-14-23(15-17-24)32-25(18-22-12-7-6-8-13-22)30-31-28(32)35-21(4)27(33)29-26-19(2)10-9-11-20(26)3/h6-17,21H,5,18H2,1-4H3,(H,29,33). The summed E-state index contributed by atoms with van der Waals surface area (Å²) >= 11 is 1.40. The Labute approximate surface area is 210 Å². The second-order valence-corrected chi connectivity index (χ2v) is 9.65. The van der Waals surface area contributed by atoms with Gasteiger partial charge in [0.25, 0.3) is 0 Å². The SMILES string of the molecule is CCOc1ccc(-n2c(Cc3ccccc3)nnc2SC(C)C(=O)Nc2c(C)cccc2C)cc1. The topological polar surface area (TPSA) is 69.0 Å². The zero-order valence-electron chi connectivity index (χ0n) is 20.5. The number of amides is 1. The maximum absolute atomic E-state index is 13.1. The molecule has 0 aliphatic heterocycles. The van der Waals surface area contributed by atoms with E-state index in [1.807, 2.05) is 92.9 Å². The number of aryl methyl sites for hydroxylation is 2. The number of anilines is 1. The predicted octanol–water partition coefficient (Wildman–Crippen LogP) is 5.99. The van der Waals surface area contributed by atoms with Crippen molar-refractivity contribution in [1.29, 1.82) is 0 Å². The second-order valence-electron chi connectivity index (χ2n) is 8.34. The summed E-state index contributed by atoms with van der Waals surface area (Å²) in [6.45, 7) is 8.46. The molecule has 6 nitrogen and oxygen atoms in total. The van der Waals surface area contributed by atoms with Gasteiger partial charge < -0.3 is 10.1 Å². The van der Waals surface area contributed by atoms with Gasteiger partial charge in [0, 0.05) is 17.8 Å². The molecule has 1 N–H and O–H groups in total. The largest absolute Gasteiger partial charge is 0.494 e. The first-order chi connectivity index (χ1) is 17.0. The molecule has 0 saturated heterocycles. The number of carbonyl (C=O) groups excluding carboxylic acids is 1. The van der Waals surface area contributed by atoms with Crippen LogP contribution in [0, 0.1) is 13.8 Å². The van der Waals surface area contributed by atoms with Crippen molar-refractivity contribution in [3.05, 3.63) is 95.3 Å². The van der Waals surface area contributed by atoms with Crippen LogP contribution in [0.15, 0.2) is 78.0 Å². The second kappa shape index (κ2) is 11.2. The summed E-state index contributed by atoms with van der Waals surface area (Å²) in [4.78, 5) is 13.1. The van der Waals surface area contributed by atoms with Crippen LogP contribution in [0.3, 0.4) is 0 Å². The minimum Gasteiger partial charge on any atom is -0.494 e. The number of rotatable bonds is 9. The van der Waals surface area contributed by atoms with Crippen molar-refractivity contribution in [3.63, 3.8) is 0 Å². The molecule has 4 aromatic rings. The summed E-state index contributed by atoms with van der Waals surface area (Å²) in [6.07, 6.45) is 0.630. The van der Waals surface area contributed by atoms with Gasteiger partial charge in [-0.25, -0.2) is 0 Å². The van der Waals surface area contributed by atoms with E-state index in [9.17, 15) is 4.79 Å². The predicted molar refractivity (Wildman–Crippen MR) is 142 cm³/mol. The molecular formula is C28H30N4O2S. The molecule has 180 valence electrons. The van der Waals surface area contributed by atoms with Crippen LogP contribution in [0.4, 0.5) is 5.69 Å². The monoisotopic (exact) mass is 486 g/mol. The van der Waals surface area contributed by atoms with Crippen LogP contribution in [0.5, 0.6) is 5.75 Å². The van der Waals surface area contributed by atoms with Crippen LogP contribution in [0.1, 0.15) is 36.4 Å². The number of nitrogens with zero attached hydrogens (tertiary/aromatic N) is 3. The third kappa shape index (κ3) is 5.92. The van der Waals surface area contributed by atoms with Gasteiger partial charge in [0.15, 0.2) is 5.16 Å².